The van der Waals surface area contributed by atoms with Crippen molar-refractivity contribution in [3.63, 3.8) is 0 Å². The van der Waals surface area contributed by atoms with Crippen LogP contribution in [0.3, 0.4) is 0 Å². The summed E-state index contributed by atoms with van der Waals surface area (Å²) in [6.45, 7) is 6.75. The van der Waals surface area contributed by atoms with Gasteiger partial charge in [0.05, 0.1) is 11.8 Å². The van der Waals surface area contributed by atoms with E-state index in [1.165, 1.54) is 17.3 Å². The molecule has 0 saturated carbocycles. The summed E-state index contributed by atoms with van der Waals surface area (Å²) in [6.07, 6.45) is 4.25. The average Bonchev–Trinajstić information content (AvgIpc) is 2.98. The number of anilines is 1. The molecule has 2 N–H and O–H groups in total. The van der Waals surface area contributed by atoms with Crippen LogP contribution in [0.2, 0.25) is 0 Å². The van der Waals surface area contributed by atoms with E-state index in [1.54, 1.807) is 6.20 Å². The van der Waals surface area contributed by atoms with E-state index in [0.29, 0.717) is 11.5 Å². The second kappa shape index (κ2) is 4.47. The van der Waals surface area contributed by atoms with E-state index in [1.807, 2.05) is 12.1 Å². The molecule has 0 saturated heterocycles. The van der Waals surface area contributed by atoms with Crippen molar-refractivity contribution in [2.75, 3.05) is 5.32 Å². The number of carbonyl (C=O) groups excluding carboxylic acids is 1. The zero-order valence-corrected chi connectivity index (χ0v) is 12.0. The van der Waals surface area contributed by atoms with Crippen molar-refractivity contribution in [1.29, 1.82) is 0 Å². The zero-order chi connectivity index (χ0) is 14.3. The first-order valence-corrected chi connectivity index (χ1v) is 6.92. The summed E-state index contributed by atoms with van der Waals surface area (Å²) in [5.74, 6) is 0.338. The summed E-state index contributed by atoms with van der Waals surface area (Å²) >= 11 is 0. The monoisotopic (exact) mass is 269 g/mol. The molecule has 20 heavy (non-hydrogen) atoms. The normalized spacial score (nSPS) is 19.6. The molecule has 1 atom stereocenters. The quantitative estimate of drug-likeness (QED) is 0.877. The molecule has 104 valence electrons. The topological polar surface area (TPSA) is 57.8 Å². The minimum Gasteiger partial charge on any atom is -0.322 e. The second-order valence-corrected chi connectivity index (χ2v) is 6.20. The Morgan fingerprint density at radius 1 is 1.45 bits per heavy atom. The van der Waals surface area contributed by atoms with Gasteiger partial charge in [-0.05, 0) is 34.9 Å². The van der Waals surface area contributed by atoms with Crippen molar-refractivity contribution >= 4 is 11.6 Å². The van der Waals surface area contributed by atoms with Crippen molar-refractivity contribution in [3.8, 4) is 0 Å². The number of rotatable bonds is 2. The first-order valence-electron chi connectivity index (χ1n) is 6.92. The molecule has 0 fully saturated rings. The van der Waals surface area contributed by atoms with Gasteiger partial charge in [0.15, 0.2) is 0 Å². The highest BCUT2D eigenvalue weighted by atomic mass is 16.1. The number of hydrogen-bond acceptors (Lipinski definition) is 2. The Hall–Kier alpha value is -2.10. The Balaban J connectivity index is 1.97. The summed E-state index contributed by atoms with van der Waals surface area (Å²) in [6, 6.07) is 6.17. The Kier molecular flexibility index (Phi) is 2.89. The van der Waals surface area contributed by atoms with Crippen LogP contribution in [0, 0.1) is 0 Å². The third-order valence-corrected chi connectivity index (χ3v) is 4.15. The summed E-state index contributed by atoms with van der Waals surface area (Å²) < 4.78 is 0. The minimum absolute atomic E-state index is 0.121. The average molecular weight is 269 g/mol. The lowest BCUT2D eigenvalue weighted by atomic mass is 9.86. The summed E-state index contributed by atoms with van der Waals surface area (Å²) in [5.41, 5.74) is 4.26. The third kappa shape index (κ3) is 2.01. The number of carbonyl (C=O) groups is 1. The molecule has 1 heterocycles. The molecule has 0 bridgehead atoms. The molecule has 0 radical (unpaired) electrons. The SMILES string of the molecule is CC1CC(C)(C)c2cccc(NC(=O)c3cn[nH]c3)c21. The van der Waals surface area contributed by atoms with Crippen LogP contribution in [0.5, 0.6) is 0 Å². The van der Waals surface area contributed by atoms with Crippen molar-refractivity contribution in [2.45, 2.75) is 38.5 Å². The van der Waals surface area contributed by atoms with Crippen LogP contribution in [0.4, 0.5) is 5.69 Å². The molecule has 1 unspecified atom stereocenters. The molecule has 2 aromatic rings. The summed E-state index contributed by atoms with van der Waals surface area (Å²) in [7, 11) is 0. The largest absolute Gasteiger partial charge is 0.322 e. The number of aromatic nitrogens is 2. The predicted molar refractivity (Wildman–Crippen MR) is 79.0 cm³/mol. The highest BCUT2D eigenvalue weighted by Gasteiger charge is 2.36. The van der Waals surface area contributed by atoms with E-state index in [4.69, 9.17) is 0 Å². The minimum atomic E-state index is -0.121. The number of nitrogens with zero attached hydrogens (tertiary/aromatic N) is 1. The van der Waals surface area contributed by atoms with Gasteiger partial charge in [-0.25, -0.2) is 0 Å². The lowest BCUT2D eigenvalue weighted by Crippen LogP contribution is -2.14. The highest BCUT2D eigenvalue weighted by Crippen LogP contribution is 2.48. The van der Waals surface area contributed by atoms with E-state index in [9.17, 15) is 4.79 Å². The number of amides is 1. The lowest BCUT2D eigenvalue weighted by molar-refractivity contribution is 0.102. The maximum absolute atomic E-state index is 12.2. The van der Waals surface area contributed by atoms with E-state index in [0.717, 1.165) is 12.1 Å². The molecule has 3 rings (SSSR count). The van der Waals surface area contributed by atoms with E-state index in [-0.39, 0.29) is 11.3 Å². The van der Waals surface area contributed by atoms with Crippen LogP contribution in [0.25, 0.3) is 0 Å². The standard InChI is InChI=1S/C16H19N3O/c1-10-7-16(2,3)12-5-4-6-13(14(10)12)19-15(20)11-8-17-18-9-11/h4-6,8-10H,7H2,1-3H3,(H,17,18)(H,19,20). The van der Waals surface area contributed by atoms with Gasteiger partial charge in [0, 0.05) is 11.9 Å². The van der Waals surface area contributed by atoms with Gasteiger partial charge in [-0.15, -0.1) is 0 Å². The van der Waals surface area contributed by atoms with Gasteiger partial charge in [-0.2, -0.15) is 5.10 Å². The van der Waals surface area contributed by atoms with Crippen molar-refractivity contribution < 1.29 is 4.79 Å². The lowest BCUT2D eigenvalue weighted by Gasteiger charge is -2.19. The van der Waals surface area contributed by atoms with Gasteiger partial charge < -0.3 is 5.32 Å². The van der Waals surface area contributed by atoms with Gasteiger partial charge >= 0.3 is 0 Å². The van der Waals surface area contributed by atoms with Crippen LogP contribution in [-0.4, -0.2) is 16.1 Å². The molecular weight excluding hydrogens is 250 g/mol. The Bertz CT molecular complexity index is 644. The maximum atomic E-state index is 12.2. The van der Waals surface area contributed by atoms with Crippen LogP contribution in [0.1, 0.15) is 54.6 Å². The van der Waals surface area contributed by atoms with Crippen LogP contribution < -0.4 is 5.32 Å². The fourth-order valence-electron chi connectivity index (χ4n) is 3.34. The van der Waals surface area contributed by atoms with Gasteiger partial charge in [-0.1, -0.05) is 32.9 Å². The molecule has 0 aliphatic heterocycles. The van der Waals surface area contributed by atoms with Crippen molar-refractivity contribution in [1.82, 2.24) is 10.2 Å². The summed E-state index contributed by atoms with van der Waals surface area (Å²) in [5, 5.41) is 9.48. The molecule has 0 spiro atoms. The van der Waals surface area contributed by atoms with Gasteiger partial charge in [0.2, 0.25) is 0 Å². The summed E-state index contributed by atoms with van der Waals surface area (Å²) in [4.78, 5) is 12.2. The van der Waals surface area contributed by atoms with E-state index in [2.05, 4.69) is 42.4 Å². The van der Waals surface area contributed by atoms with E-state index < -0.39 is 0 Å². The Morgan fingerprint density at radius 2 is 2.25 bits per heavy atom. The van der Waals surface area contributed by atoms with Crippen LogP contribution >= 0.6 is 0 Å². The van der Waals surface area contributed by atoms with Gasteiger partial charge in [0.1, 0.15) is 0 Å². The van der Waals surface area contributed by atoms with Crippen molar-refractivity contribution in [3.05, 3.63) is 47.3 Å². The van der Waals surface area contributed by atoms with Gasteiger partial charge in [0.25, 0.3) is 5.91 Å². The molecule has 4 nitrogen and oxygen atoms in total. The number of aromatic amines is 1. The molecule has 1 aliphatic rings. The van der Waals surface area contributed by atoms with Crippen LogP contribution in [0.15, 0.2) is 30.6 Å². The number of H-pyrrole nitrogens is 1. The zero-order valence-electron chi connectivity index (χ0n) is 12.0. The molecule has 1 amide bonds. The fourth-order valence-corrected chi connectivity index (χ4v) is 3.34. The second-order valence-electron chi connectivity index (χ2n) is 6.20. The molecule has 4 heteroatoms. The molecular formula is C16H19N3O. The molecule has 1 aromatic carbocycles. The van der Waals surface area contributed by atoms with Crippen molar-refractivity contribution in [2.24, 2.45) is 0 Å². The fraction of sp³-hybridized carbons (Fsp3) is 0.375. The van der Waals surface area contributed by atoms with E-state index >= 15 is 0 Å². The smallest absolute Gasteiger partial charge is 0.258 e. The number of hydrogen-bond donors (Lipinski definition) is 2. The van der Waals surface area contributed by atoms with Gasteiger partial charge in [-0.3, -0.25) is 9.89 Å². The predicted octanol–water partition coefficient (Wildman–Crippen LogP) is 3.45. The maximum Gasteiger partial charge on any atom is 0.258 e. The first kappa shape index (κ1) is 12.9. The number of nitrogens with one attached hydrogen (secondary N) is 2. The number of benzene rings is 1. The molecule has 1 aromatic heterocycles. The van der Waals surface area contributed by atoms with Crippen LogP contribution in [-0.2, 0) is 5.41 Å². The molecule has 1 aliphatic carbocycles. The Morgan fingerprint density at radius 3 is 2.95 bits per heavy atom. The number of fused-ring (bicyclic) bond motifs is 1. The third-order valence-electron chi connectivity index (χ3n) is 4.15. The Labute approximate surface area is 118 Å². The highest BCUT2D eigenvalue weighted by molar-refractivity contribution is 6.04. The first-order chi connectivity index (χ1) is 9.49.